The molecule has 0 radical (unpaired) electrons. The molecule has 0 spiro atoms. The first kappa shape index (κ1) is 18.9. The number of rotatable bonds is 8. The highest BCUT2D eigenvalue weighted by atomic mass is 32.2. The number of thioether (sulfide) groups is 1. The SMILES string of the molecule is CCOC1(OCC)CC[C@@H](C(=O)SCC)[C@H](CC(C)C)O1. The van der Waals surface area contributed by atoms with Gasteiger partial charge in [0.15, 0.2) is 5.12 Å². The summed E-state index contributed by atoms with van der Waals surface area (Å²) >= 11 is 1.39. The molecule has 1 aliphatic heterocycles. The smallest absolute Gasteiger partial charge is 0.283 e. The van der Waals surface area contributed by atoms with Crippen LogP contribution in [0.15, 0.2) is 0 Å². The molecule has 0 bridgehead atoms. The molecular formula is C16H30O4S. The van der Waals surface area contributed by atoms with Crippen LogP contribution in [0.3, 0.4) is 0 Å². The van der Waals surface area contributed by atoms with E-state index in [2.05, 4.69) is 13.8 Å². The van der Waals surface area contributed by atoms with Crippen LogP contribution in [0.4, 0.5) is 0 Å². The molecule has 1 aliphatic rings. The molecule has 0 aromatic heterocycles. The Morgan fingerprint density at radius 3 is 2.38 bits per heavy atom. The van der Waals surface area contributed by atoms with E-state index in [1.165, 1.54) is 11.8 Å². The van der Waals surface area contributed by atoms with Gasteiger partial charge in [-0.25, -0.2) is 0 Å². The minimum atomic E-state index is -0.962. The van der Waals surface area contributed by atoms with Gasteiger partial charge < -0.3 is 14.2 Å². The van der Waals surface area contributed by atoms with Crippen molar-refractivity contribution < 1.29 is 19.0 Å². The van der Waals surface area contributed by atoms with Crippen LogP contribution in [0.1, 0.15) is 53.9 Å². The summed E-state index contributed by atoms with van der Waals surface area (Å²) in [6.07, 6.45) is 2.11. The van der Waals surface area contributed by atoms with Gasteiger partial charge in [-0.1, -0.05) is 32.5 Å². The minimum Gasteiger partial charge on any atom is -0.328 e. The summed E-state index contributed by atoms with van der Waals surface area (Å²) in [7, 11) is 0. The summed E-state index contributed by atoms with van der Waals surface area (Å²) in [4.78, 5) is 12.3. The molecule has 0 aliphatic carbocycles. The normalized spacial score (nSPS) is 25.2. The second kappa shape index (κ2) is 9.13. The van der Waals surface area contributed by atoms with Gasteiger partial charge in [0.05, 0.1) is 12.0 Å². The van der Waals surface area contributed by atoms with Gasteiger partial charge >= 0.3 is 0 Å². The average molecular weight is 318 g/mol. The van der Waals surface area contributed by atoms with Crippen molar-refractivity contribution in [3.63, 3.8) is 0 Å². The van der Waals surface area contributed by atoms with Crippen molar-refractivity contribution in [2.45, 2.75) is 66.0 Å². The fourth-order valence-electron chi connectivity index (χ4n) is 2.78. The topological polar surface area (TPSA) is 44.8 Å². The lowest BCUT2D eigenvalue weighted by molar-refractivity contribution is -0.410. The Morgan fingerprint density at radius 1 is 1.29 bits per heavy atom. The van der Waals surface area contributed by atoms with Gasteiger partial charge in [-0.15, -0.1) is 0 Å². The van der Waals surface area contributed by atoms with Gasteiger partial charge in [0.1, 0.15) is 0 Å². The number of hydrogen-bond acceptors (Lipinski definition) is 5. The van der Waals surface area contributed by atoms with Gasteiger partial charge in [0.2, 0.25) is 0 Å². The number of ether oxygens (including phenoxy) is 3. The van der Waals surface area contributed by atoms with E-state index in [9.17, 15) is 4.79 Å². The summed E-state index contributed by atoms with van der Waals surface area (Å²) in [5.74, 6) is 0.269. The molecule has 4 nitrogen and oxygen atoms in total. The molecule has 0 aromatic rings. The van der Waals surface area contributed by atoms with Crippen LogP contribution in [0.2, 0.25) is 0 Å². The lowest BCUT2D eigenvalue weighted by Crippen LogP contribution is -2.50. The molecule has 1 fully saturated rings. The molecule has 0 saturated carbocycles. The van der Waals surface area contributed by atoms with Crippen LogP contribution >= 0.6 is 11.8 Å². The third kappa shape index (κ3) is 5.55. The molecule has 0 aromatic carbocycles. The van der Waals surface area contributed by atoms with Gasteiger partial charge in [-0.05, 0) is 38.4 Å². The van der Waals surface area contributed by atoms with E-state index < -0.39 is 5.97 Å². The second-order valence-electron chi connectivity index (χ2n) is 5.73. The van der Waals surface area contributed by atoms with E-state index in [4.69, 9.17) is 14.2 Å². The first-order chi connectivity index (χ1) is 9.98. The third-order valence-electron chi connectivity index (χ3n) is 3.56. The Hall–Kier alpha value is -0.100. The van der Waals surface area contributed by atoms with Crippen molar-refractivity contribution >= 4 is 16.9 Å². The van der Waals surface area contributed by atoms with Gasteiger partial charge in [0, 0.05) is 19.6 Å². The van der Waals surface area contributed by atoms with Crippen LogP contribution < -0.4 is 0 Å². The molecule has 5 heteroatoms. The Bertz CT molecular complexity index is 313. The lowest BCUT2D eigenvalue weighted by Gasteiger charge is -2.43. The van der Waals surface area contributed by atoms with Crippen LogP contribution in [0.5, 0.6) is 0 Å². The van der Waals surface area contributed by atoms with E-state index in [0.29, 0.717) is 25.6 Å². The Kier molecular flexibility index (Phi) is 8.24. The van der Waals surface area contributed by atoms with Crippen LogP contribution in [-0.4, -0.2) is 36.2 Å². The van der Waals surface area contributed by atoms with Crippen molar-refractivity contribution in [2.24, 2.45) is 11.8 Å². The number of hydrogen-bond donors (Lipinski definition) is 0. The standard InChI is InChI=1S/C16H30O4S/c1-6-18-16(19-7-2)10-9-13(15(17)21-8-3)14(20-16)11-12(4)5/h12-14H,6-11H2,1-5H3/t13-,14+/m1/s1. The average Bonchev–Trinajstić information content (AvgIpc) is 2.39. The highest BCUT2D eigenvalue weighted by Gasteiger charge is 2.45. The maximum Gasteiger partial charge on any atom is 0.283 e. The zero-order chi connectivity index (χ0) is 15.9. The maximum atomic E-state index is 12.3. The lowest BCUT2D eigenvalue weighted by atomic mass is 9.88. The summed E-state index contributed by atoms with van der Waals surface area (Å²) in [5, 5.41) is 0.241. The molecule has 0 N–H and O–H groups in total. The van der Waals surface area contributed by atoms with Crippen LogP contribution in [0.25, 0.3) is 0 Å². The van der Waals surface area contributed by atoms with Crippen LogP contribution in [-0.2, 0) is 19.0 Å². The Labute approximate surface area is 133 Å². The molecule has 0 unspecified atom stereocenters. The fraction of sp³-hybridized carbons (Fsp3) is 0.938. The maximum absolute atomic E-state index is 12.3. The minimum absolute atomic E-state index is 0.0496. The molecule has 2 atom stereocenters. The van der Waals surface area contributed by atoms with Crippen molar-refractivity contribution in [1.29, 1.82) is 0 Å². The fourth-order valence-corrected chi connectivity index (χ4v) is 3.55. The summed E-state index contributed by atoms with van der Waals surface area (Å²) < 4.78 is 17.7. The monoisotopic (exact) mass is 318 g/mol. The van der Waals surface area contributed by atoms with E-state index in [0.717, 1.165) is 18.6 Å². The van der Waals surface area contributed by atoms with Gasteiger partial charge in [-0.3, -0.25) is 4.79 Å². The predicted octanol–water partition coefficient (Wildman–Crippen LogP) is 3.83. The number of carbonyl (C=O) groups excluding carboxylic acids is 1. The molecule has 124 valence electrons. The molecule has 1 heterocycles. The molecule has 21 heavy (non-hydrogen) atoms. The molecule has 0 amide bonds. The summed E-state index contributed by atoms with van der Waals surface area (Å²) in [6.45, 7) is 11.3. The van der Waals surface area contributed by atoms with Crippen molar-refractivity contribution in [2.75, 3.05) is 19.0 Å². The van der Waals surface area contributed by atoms with Crippen molar-refractivity contribution in [1.82, 2.24) is 0 Å². The van der Waals surface area contributed by atoms with Gasteiger partial charge in [-0.2, -0.15) is 0 Å². The molecule has 1 rings (SSSR count). The zero-order valence-electron chi connectivity index (χ0n) is 14.0. The zero-order valence-corrected chi connectivity index (χ0v) is 14.8. The Balaban J connectivity index is 2.85. The highest BCUT2D eigenvalue weighted by molar-refractivity contribution is 8.13. The van der Waals surface area contributed by atoms with Crippen LogP contribution in [0, 0.1) is 11.8 Å². The quantitative estimate of drug-likeness (QED) is 0.636. The summed E-state index contributed by atoms with van der Waals surface area (Å²) in [5.41, 5.74) is 0. The largest absolute Gasteiger partial charge is 0.328 e. The molecule has 1 saturated heterocycles. The first-order valence-corrected chi connectivity index (χ1v) is 9.08. The number of carbonyl (C=O) groups is 1. The van der Waals surface area contributed by atoms with E-state index >= 15 is 0 Å². The highest BCUT2D eigenvalue weighted by Crippen LogP contribution is 2.39. The van der Waals surface area contributed by atoms with Crippen molar-refractivity contribution in [3.05, 3.63) is 0 Å². The van der Waals surface area contributed by atoms with E-state index in [1.807, 2.05) is 20.8 Å². The van der Waals surface area contributed by atoms with Gasteiger partial charge in [0.25, 0.3) is 5.97 Å². The third-order valence-corrected chi connectivity index (χ3v) is 4.44. The first-order valence-electron chi connectivity index (χ1n) is 8.10. The second-order valence-corrected chi connectivity index (χ2v) is 7.00. The summed E-state index contributed by atoms with van der Waals surface area (Å²) in [6, 6.07) is 0. The Morgan fingerprint density at radius 2 is 1.90 bits per heavy atom. The van der Waals surface area contributed by atoms with E-state index in [1.54, 1.807) is 0 Å². The van der Waals surface area contributed by atoms with Crippen molar-refractivity contribution in [3.8, 4) is 0 Å². The predicted molar refractivity (Wildman–Crippen MR) is 86.2 cm³/mol. The molecular weight excluding hydrogens is 288 g/mol. The van der Waals surface area contributed by atoms with E-state index in [-0.39, 0.29) is 17.1 Å².